The van der Waals surface area contributed by atoms with Gasteiger partial charge in [-0.2, -0.15) is 18.1 Å². The molecular weight excluding hydrogens is 263 g/mol. The molecule has 1 rings (SSSR count). The lowest BCUT2D eigenvalue weighted by Gasteiger charge is -2.06. The average Bonchev–Trinajstić information content (AvgIpc) is 1.99. The van der Waals surface area contributed by atoms with Gasteiger partial charge in [0.15, 0.2) is 0 Å². The van der Waals surface area contributed by atoms with Crippen molar-refractivity contribution in [3.8, 4) is 0 Å². The predicted octanol–water partition coefficient (Wildman–Crippen LogP) is 1.05. The first-order chi connectivity index (χ1) is 6.93. The molecule has 9 heteroatoms. The highest BCUT2D eigenvalue weighted by Crippen LogP contribution is 2.14. The minimum absolute atomic E-state index is 0.0148. The van der Waals surface area contributed by atoms with Crippen molar-refractivity contribution in [3.05, 3.63) is 16.5 Å². The highest BCUT2D eigenvalue weighted by molar-refractivity contribution is 7.90. The van der Waals surface area contributed by atoms with E-state index in [1.54, 1.807) is 6.92 Å². The van der Waals surface area contributed by atoms with Crippen molar-refractivity contribution >= 4 is 39.2 Å². The zero-order chi connectivity index (χ0) is 11.5. The summed E-state index contributed by atoms with van der Waals surface area (Å²) in [6.07, 6.45) is 0. The summed E-state index contributed by atoms with van der Waals surface area (Å²) in [6, 6.07) is 1.25. The molecule has 1 heterocycles. The summed E-state index contributed by atoms with van der Waals surface area (Å²) in [5.74, 6) is 0.0148. The lowest BCUT2D eigenvalue weighted by Crippen LogP contribution is -2.30. The van der Waals surface area contributed by atoms with E-state index < -0.39 is 10.2 Å². The van der Waals surface area contributed by atoms with Crippen LogP contribution in [0.4, 0.5) is 5.82 Å². The zero-order valence-corrected chi connectivity index (χ0v) is 9.99. The largest absolute Gasteiger partial charge is 0.300 e. The first-order valence-corrected chi connectivity index (χ1v) is 6.14. The molecule has 84 valence electrons. The minimum atomic E-state index is -3.63. The Morgan fingerprint density at radius 3 is 2.60 bits per heavy atom. The van der Waals surface area contributed by atoms with E-state index in [9.17, 15) is 8.42 Å². The smallest absolute Gasteiger partial charge is 0.254 e. The summed E-state index contributed by atoms with van der Waals surface area (Å²) in [7, 11) is -3.63. The van der Waals surface area contributed by atoms with Crippen LogP contribution in [0.2, 0.25) is 10.4 Å². The summed E-state index contributed by atoms with van der Waals surface area (Å²) < 4.78 is 26.9. The van der Waals surface area contributed by atoms with Crippen LogP contribution in [0.1, 0.15) is 6.92 Å². The summed E-state index contributed by atoms with van der Waals surface area (Å²) in [5, 5.41) is -0.0686. The van der Waals surface area contributed by atoms with Crippen LogP contribution < -0.4 is 9.44 Å². The summed E-state index contributed by atoms with van der Waals surface area (Å²) in [4.78, 5) is 7.22. The molecule has 0 saturated heterocycles. The number of aromatic nitrogens is 2. The molecule has 1 aromatic heterocycles. The van der Waals surface area contributed by atoms with E-state index in [0.717, 1.165) is 0 Å². The van der Waals surface area contributed by atoms with Crippen molar-refractivity contribution < 1.29 is 8.42 Å². The number of nitrogens with one attached hydrogen (secondary N) is 2. The minimum Gasteiger partial charge on any atom is -0.254 e. The third kappa shape index (κ3) is 4.17. The number of hydrogen-bond donors (Lipinski definition) is 2. The molecule has 0 spiro atoms. The van der Waals surface area contributed by atoms with Crippen LogP contribution in [0.5, 0.6) is 0 Å². The van der Waals surface area contributed by atoms with E-state index in [1.807, 2.05) is 0 Å². The Morgan fingerprint density at radius 2 is 2.07 bits per heavy atom. The number of halogens is 2. The van der Waals surface area contributed by atoms with Crippen molar-refractivity contribution in [1.82, 2.24) is 14.7 Å². The molecule has 0 aliphatic heterocycles. The first kappa shape index (κ1) is 12.4. The summed E-state index contributed by atoms with van der Waals surface area (Å²) >= 11 is 11.1. The fraction of sp³-hybridized carbons (Fsp3) is 0.333. The van der Waals surface area contributed by atoms with Gasteiger partial charge in [0.05, 0.1) is 0 Å². The number of nitrogens with zero attached hydrogens (tertiary/aromatic N) is 2. The maximum Gasteiger partial charge on any atom is 0.300 e. The van der Waals surface area contributed by atoms with E-state index in [1.165, 1.54) is 6.07 Å². The van der Waals surface area contributed by atoms with Crippen molar-refractivity contribution in [2.75, 3.05) is 11.3 Å². The van der Waals surface area contributed by atoms with Crippen LogP contribution >= 0.6 is 23.2 Å². The molecule has 0 aromatic carbocycles. The van der Waals surface area contributed by atoms with Crippen LogP contribution in [0, 0.1) is 0 Å². The van der Waals surface area contributed by atoms with Gasteiger partial charge in [-0.3, -0.25) is 4.72 Å². The molecule has 0 aliphatic rings. The van der Waals surface area contributed by atoms with Gasteiger partial charge in [-0.1, -0.05) is 18.5 Å². The van der Waals surface area contributed by atoms with E-state index in [0.29, 0.717) is 0 Å². The standard InChI is InChI=1S/C6H8Cl2N4O2S/c1-2-9-15(13,14)12-5-3-4(7)10-6(8)11-5/h3,9H,2H2,1H3,(H,10,11,12). The summed E-state index contributed by atoms with van der Waals surface area (Å²) in [5.41, 5.74) is 0. The van der Waals surface area contributed by atoms with E-state index >= 15 is 0 Å². The maximum absolute atomic E-state index is 11.3. The van der Waals surface area contributed by atoms with E-state index in [4.69, 9.17) is 23.2 Å². The molecule has 0 aliphatic carbocycles. The molecule has 2 N–H and O–H groups in total. The number of anilines is 1. The Labute approximate surface area is 97.2 Å². The molecule has 0 fully saturated rings. The van der Waals surface area contributed by atoms with Crippen molar-refractivity contribution in [3.63, 3.8) is 0 Å². The second-order valence-corrected chi connectivity index (χ2v) is 4.67. The SMILES string of the molecule is CCNS(=O)(=O)Nc1cc(Cl)nc(Cl)n1. The predicted molar refractivity (Wildman–Crippen MR) is 58.3 cm³/mol. The average molecular weight is 271 g/mol. The highest BCUT2D eigenvalue weighted by Gasteiger charge is 2.10. The summed E-state index contributed by atoms with van der Waals surface area (Å²) in [6.45, 7) is 1.92. The van der Waals surface area contributed by atoms with E-state index in [-0.39, 0.29) is 22.8 Å². The van der Waals surface area contributed by atoms with Gasteiger partial charge in [-0.25, -0.2) is 4.98 Å². The Kier molecular flexibility index (Phi) is 4.09. The van der Waals surface area contributed by atoms with Gasteiger partial charge in [0.25, 0.3) is 10.2 Å². The van der Waals surface area contributed by atoms with Crippen LogP contribution in [-0.4, -0.2) is 24.9 Å². The number of rotatable bonds is 4. The lowest BCUT2D eigenvalue weighted by molar-refractivity contribution is 0.589. The van der Waals surface area contributed by atoms with Gasteiger partial charge in [0.2, 0.25) is 5.28 Å². The second kappa shape index (κ2) is 4.93. The van der Waals surface area contributed by atoms with Crippen molar-refractivity contribution in [1.29, 1.82) is 0 Å². The Bertz CT molecular complexity index is 430. The third-order valence-electron chi connectivity index (χ3n) is 1.24. The molecule has 0 radical (unpaired) electrons. The lowest BCUT2D eigenvalue weighted by atomic mass is 10.6. The fourth-order valence-electron chi connectivity index (χ4n) is 0.806. The third-order valence-corrected chi connectivity index (χ3v) is 2.75. The zero-order valence-electron chi connectivity index (χ0n) is 7.66. The van der Waals surface area contributed by atoms with Crippen molar-refractivity contribution in [2.45, 2.75) is 6.92 Å². The fourth-order valence-corrected chi connectivity index (χ4v) is 2.05. The van der Waals surface area contributed by atoms with Gasteiger partial charge in [0, 0.05) is 12.6 Å². The Morgan fingerprint density at radius 1 is 1.40 bits per heavy atom. The quantitative estimate of drug-likeness (QED) is 0.633. The molecule has 6 nitrogen and oxygen atoms in total. The van der Waals surface area contributed by atoms with Gasteiger partial charge >= 0.3 is 0 Å². The Hall–Kier alpha value is -0.630. The molecule has 0 atom stereocenters. The van der Waals surface area contributed by atoms with Gasteiger partial charge in [0.1, 0.15) is 11.0 Å². The molecule has 0 unspecified atom stereocenters. The van der Waals surface area contributed by atoms with Gasteiger partial charge < -0.3 is 0 Å². The topological polar surface area (TPSA) is 84.0 Å². The second-order valence-electron chi connectivity index (χ2n) is 2.45. The molecule has 15 heavy (non-hydrogen) atoms. The van der Waals surface area contributed by atoms with Crippen LogP contribution in [-0.2, 0) is 10.2 Å². The molecule has 0 saturated carbocycles. The highest BCUT2D eigenvalue weighted by atomic mass is 35.5. The van der Waals surface area contributed by atoms with E-state index in [2.05, 4.69) is 19.4 Å². The molecule has 0 bridgehead atoms. The normalized spacial score (nSPS) is 11.4. The maximum atomic E-state index is 11.3. The van der Waals surface area contributed by atoms with Crippen LogP contribution in [0.25, 0.3) is 0 Å². The monoisotopic (exact) mass is 270 g/mol. The molecule has 1 aromatic rings. The van der Waals surface area contributed by atoms with Crippen LogP contribution in [0.15, 0.2) is 6.07 Å². The number of hydrogen-bond acceptors (Lipinski definition) is 4. The first-order valence-electron chi connectivity index (χ1n) is 3.90. The van der Waals surface area contributed by atoms with Gasteiger partial charge in [-0.15, -0.1) is 0 Å². The van der Waals surface area contributed by atoms with Crippen LogP contribution in [0.3, 0.4) is 0 Å². The molecular formula is C6H8Cl2N4O2S. The molecule has 0 amide bonds. The Balaban J connectivity index is 2.90. The van der Waals surface area contributed by atoms with Crippen molar-refractivity contribution in [2.24, 2.45) is 0 Å². The van der Waals surface area contributed by atoms with Gasteiger partial charge in [-0.05, 0) is 11.6 Å².